The van der Waals surface area contributed by atoms with Crippen LogP contribution in [0.5, 0.6) is 0 Å². The first kappa shape index (κ1) is 17.6. The molecule has 0 aromatic heterocycles. The molecule has 1 aromatic carbocycles. The second kappa shape index (κ2) is 7.56. The fourth-order valence-corrected chi connectivity index (χ4v) is 2.18. The van der Waals surface area contributed by atoms with Gasteiger partial charge in [0.25, 0.3) is 5.91 Å². The minimum Gasteiger partial charge on any atom is -0.481 e. The van der Waals surface area contributed by atoms with Crippen molar-refractivity contribution in [3.8, 4) is 0 Å². The summed E-state index contributed by atoms with van der Waals surface area (Å²) in [5.74, 6) is -1.44. The Bertz CT molecular complexity index is 537. The Morgan fingerprint density at radius 3 is 2.52 bits per heavy atom. The van der Waals surface area contributed by atoms with E-state index in [0.717, 1.165) is 23.9 Å². The van der Waals surface area contributed by atoms with Crippen molar-refractivity contribution in [1.29, 1.82) is 0 Å². The van der Waals surface area contributed by atoms with Gasteiger partial charge >= 0.3 is 12.1 Å². The molecule has 0 unspecified atom stereocenters. The summed E-state index contributed by atoms with van der Waals surface area (Å²) in [5.41, 5.74) is -1.20. The van der Waals surface area contributed by atoms with Gasteiger partial charge in [0.2, 0.25) is 0 Å². The van der Waals surface area contributed by atoms with Gasteiger partial charge < -0.3 is 10.4 Å². The third-order valence-corrected chi connectivity index (χ3v) is 3.41. The third kappa shape index (κ3) is 6.26. The average Bonchev–Trinajstić information content (AvgIpc) is 2.36. The van der Waals surface area contributed by atoms with Crippen molar-refractivity contribution in [3.63, 3.8) is 0 Å². The van der Waals surface area contributed by atoms with Crippen LogP contribution in [0.3, 0.4) is 0 Å². The lowest BCUT2D eigenvalue weighted by Gasteiger charge is -2.10. The van der Waals surface area contributed by atoms with Crippen LogP contribution in [0.4, 0.5) is 13.2 Å². The molecule has 0 saturated carbocycles. The Hall–Kier alpha value is -1.41. The van der Waals surface area contributed by atoms with E-state index in [-0.39, 0.29) is 22.9 Å². The standard InChI is InChI=1S/C12H11ClF3NO3S/c13-9-4-7(3-8(5-9)12(14,15)16)11(20)17-1-2-21-6-10(18)19/h3-5H,1-2,6H2,(H,17,20)(H,18,19). The lowest BCUT2D eigenvalue weighted by atomic mass is 10.1. The molecule has 1 rings (SSSR count). The number of hydrogen-bond donors (Lipinski definition) is 2. The highest BCUT2D eigenvalue weighted by Crippen LogP contribution is 2.31. The lowest BCUT2D eigenvalue weighted by Crippen LogP contribution is -2.26. The smallest absolute Gasteiger partial charge is 0.416 e. The van der Waals surface area contributed by atoms with Crippen molar-refractivity contribution in [2.45, 2.75) is 6.18 Å². The molecule has 4 nitrogen and oxygen atoms in total. The Labute approximate surface area is 127 Å². The average molecular weight is 342 g/mol. The maximum Gasteiger partial charge on any atom is 0.416 e. The van der Waals surface area contributed by atoms with Gasteiger partial charge in [-0.15, -0.1) is 11.8 Å². The number of amides is 1. The van der Waals surface area contributed by atoms with Crippen LogP contribution < -0.4 is 5.32 Å². The zero-order valence-electron chi connectivity index (χ0n) is 10.5. The molecule has 0 radical (unpaired) electrons. The SMILES string of the molecule is O=C(O)CSCCNC(=O)c1cc(Cl)cc(C(F)(F)F)c1. The highest BCUT2D eigenvalue weighted by molar-refractivity contribution is 7.99. The topological polar surface area (TPSA) is 66.4 Å². The van der Waals surface area contributed by atoms with Crippen LogP contribution in [-0.4, -0.2) is 35.0 Å². The van der Waals surface area contributed by atoms with Crippen molar-refractivity contribution in [2.24, 2.45) is 0 Å². The van der Waals surface area contributed by atoms with Crippen LogP contribution in [0.15, 0.2) is 18.2 Å². The molecule has 21 heavy (non-hydrogen) atoms. The first-order valence-electron chi connectivity index (χ1n) is 5.65. The molecule has 1 aromatic rings. The van der Waals surface area contributed by atoms with E-state index in [4.69, 9.17) is 16.7 Å². The number of carboxylic acids is 1. The van der Waals surface area contributed by atoms with Crippen molar-refractivity contribution in [3.05, 3.63) is 34.3 Å². The number of benzene rings is 1. The molecule has 0 aliphatic heterocycles. The number of halogens is 4. The van der Waals surface area contributed by atoms with Crippen molar-refractivity contribution in [1.82, 2.24) is 5.32 Å². The first-order chi connectivity index (χ1) is 9.70. The molecule has 0 saturated heterocycles. The van der Waals surface area contributed by atoms with Gasteiger partial charge in [-0.1, -0.05) is 11.6 Å². The van der Waals surface area contributed by atoms with Crippen molar-refractivity contribution >= 4 is 35.2 Å². The number of rotatable bonds is 6. The molecule has 0 atom stereocenters. The van der Waals surface area contributed by atoms with Gasteiger partial charge in [-0.25, -0.2) is 0 Å². The lowest BCUT2D eigenvalue weighted by molar-refractivity contribution is -0.137. The van der Waals surface area contributed by atoms with Gasteiger partial charge in [-0.2, -0.15) is 13.2 Å². The second-order valence-corrected chi connectivity index (χ2v) is 5.47. The number of hydrogen-bond acceptors (Lipinski definition) is 3. The van der Waals surface area contributed by atoms with Crippen LogP contribution in [0.25, 0.3) is 0 Å². The minimum absolute atomic E-state index is 0.106. The summed E-state index contributed by atoms with van der Waals surface area (Å²) >= 11 is 6.66. The molecule has 1 amide bonds. The normalized spacial score (nSPS) is 11.2. The number of carbonyl (C=O) groups excluding carboxylic acids is 1. The summed E-state index contributed by atoms with van der Waals surface area (Å²) in [6, 6.07) is 2.59. The predicted octanol–water partition coefficient (Wildman–Crippen LogP) is 2.91. The van der Waals surface area contributed by atoms with Gasteiger partial charge in [-0.3, -0.25) is 9.59 Å². The summed E-state index contributed by atoms with van der Waals surface area (Å²) in [6.45, 7) is 0.143. The van der Waals surface area contributed by atoms with E-state index in [2.05, 4.69) is 5.32 Å². The quantitative estimate of drug-likeness (QED) is 0.781. The summed E-state index contributed by atoms with van der Waals surface area (Å²) in [5, 5.41) is 10.6. The Kier molecular flexibility index (Phi) is 6.35. The number of carbonyl (C=O) groups is 2. The molecule has 0 spiro atoms. The summed E-state index contributed by atoms with van der Waals surface area (Å²) in [6.07, 6.45) is -4.59. The zero-order chi connectivity index (χ0) is 16.0. The highest BCUT2D eigenvalue weighted by Gasteiger charge is 2.31. The van der Waals surface area contributed by atoms with Gasteiger partial charge in [0.1, 0.15) is 0 Å². The fourth-order valence-electron chi connectivity index (χ4n) is 1.38. The largest absolute Gasteiger partial charge is 0.481 e. The maximum absolute atomic E-state index is 12.6. The molecule has 2 N–H and O–H groups in total. The van der Waals surface area contributed by atoms with Gasteiger partial charge in [0.05, 0.1) is 11.3 Å². The third-order valence-electron chi connectivity index (χ3n) is 2.24. The van der Waals surface area contributed by atoms with Crippen molar-refractivity contribution < 1.29 is 27.9 Å². The van der Waals surface area contributed by atoms with E-state index in [9.17, 15) is 22.8 Å². The van der Waals surface area contributed by atoms with E-state index >= 15 is 0 Å². The zero-order valence-corrected chi connectivity index (χ0v) is 12.1. The molecular weight excluding hydrogens is 331 g/mol. The van der Waals surface area contributed by atoms with Crippen LogP contribution >= 0.6 is 23.4 Å². The van der Waals surface area contributed by atoms with Gasteiger partial charge in [-0.05, 0) is 18.2 Å². The number of aliphatic carboxylic acids is 1. The molecule has 9 heteroatoms. The number of alkyl halides is 3. The van der Waals surface area contributed by atoms with Crippen LogP contribution in [-0.2, 0) is 11.0 Å². The van der Waals surface area contributed by atoms with E-state index in [1.165, 1.54) is 0 Å². The van der Waals surface area contributed by atoms with E-state index in [1.807, 2.05) is 0 Å². The van der Waals surface area contributed by atoms with Crippen molar-refractivity contribution in [2.75, 3.05) is 18.1 Å². The number of nitrogens with one attached hydrogen (secondary N) is 1. The second-order valence-electron chi connectivity index (χ2n) is 3.93. The molecule has 0 bridgehead atoms. The predicted molar refractivity (Wildman–Crippen MR) is 73.7 cm³/mol. The number of thioether (sulfide) groups is 1. The highest BCUT2D eigenvalue weighted by atomic mass is 35.5. The summed E-state index contributed by atoms with van der Waals surface area (Å²) in [4.78, 5) is 22.0. The van der Waals surface area contributed by atoms with Gasteiger partial charge in [0, 0.05) is 22.9 Å². The fraction of sp³-hybridized carbons (Fsp3) is 0.333. The van der Waals surface area contributed by atoms with E-state index < -0.39 is 23.6 Å². The molecule has 0 aliphatic carbocycles. The summed E-state index contributed by atoms with van der Waals surface area (Å²) < 4.78 is 37.8. The monoisotopic (exact) mass is 341 g/mol. The van der Waals surface area contributed by atoms with Crippen LogP contribution in [0.1, 0.15) is 15.9 Å². The minimum atomic E-state index is -4.59. The van der Waals surface area contributed by atoms with Crippen LogP contribution in [0.2, 0.25) is 5.02 Å². The van der Waals surface area contributed by atoms with Crippen LogP contribution in [0, 0.1) is 0 Å². The van der Waals surface area contributed by atoms with Gasteiger partial charge in [0.15, 0.2) is 0 Å². The Morgan fingerprint density at radius 1 is 1.29 bits per heavy atom. The molecule has 116 valence electrons. The van der Waals surface area contributed by atoms with E-state index in [0.29, 0.717) is 11.8 Å². The molecular formula is C12H11ClF3NO3S. The molecule has 0 aliphatic rings. The summed E-state index contributed by atoms with van der Waals surface area (Å²) in [7, 11) is 0. The molecule has 0 fully saturated rings. The Morgan fingerprint density at radius 2 is 1.95 bits per heavy atom. The maximum atomic E-state index is 12.6. The first-order valence-corrected chi connectivity index (χ1v) is 7.19. The van der Waals surface area contributed by atoms with E-state index in [1.54, 1.807) is 0 Å². The number of carboxylic acid groups (broad SMARTS) is 1. The Balaban J connectivity index is 2.62. The molecule has 0 heterocycles.